The van der Waals surface area contributed by atoms with Gasteiger partial charge < -0.3 is 0 Å². The number of fused-ring (bicyclic) bond motifs is 1. The van der Waals surface area contributed by atoms with Gasteiger partial charge in [0, 0.05) is 17.8 Å². The van der Waals surface area contributed by atoms with E-state index in [-0.39, 0.29) is 15.6 Å². The Morgan fingerprint density at radius 1 is 1.36 bits per heavy atom. The van der Waals surface area contributed by atoms with Gasteiger partial charge in [0.1, 0.15) is 0 Å². The number of para-hydroxylation sites is 1. The van der Waals surface area contributed by atoms with E-state index in [4.69, 9.17) is 0 Å². The second-order valence-electron chi connectivity index (χ2n) is 3.36. The molecule has 1 aliphatic rings. The highest BCUT2D eigenvalue weighted by Gasteiger charge is 2.48. The van der Waals surface area contributed by atoms with Crippen molar-refractivity contribution in [3.63, 3.8) is 0 Å². The number of hydrogen-bond donors (Lipinski definition) is 0. The van der Waals surface area contributed by atoms with E-state index in [1.54, 1.807) is 7.05 Å². The van der Waals surface area contributed by atoms with Gasteiger partial charge in [-0.1, -0.05) is 12.1 Å². The summed E-state index contributed by atoms with van der Waals surface area (Å²) >= 11 is 1.14. The molecule has 14 heavy (non-hydrogen) atoms. The first-order chi connectivity index (χ1) is 6.56. The molecule has 0 aromatic heterocycles. The van der Waals surface area contributed by atoms with Crippen LogP contribution in [0.5, 0.6) is 0 Å². The monoisotopic (exact) mass is 208 g/mol. The largest absolute Gasteiger partial charge is 0.392 e. The molecule has 0 radical (unpaired) electrons. The highest BCUT2D eigenvalue weighted by atomic mass is 32.2. The summed E-state index contributed by atoms with van der Waals surface area (Å²) in [7, 11) is 1.64. The van der Waals surface area contributed by atoms with Gasteiger partial charge in [0.05, 0.1) is 18.9 Å². The Kier molecular flexibility index (Phi) is 1.97. The zero-order chi connectivity index (χ0) is 10.3. The first-order valence-corrected chi connectivity index (χ1v) is 5.08. The van der Waals surface area contributed by atoms with Crippen LogP contribution < -0.4 is 4.48 Å². The van der Waals surface area contributed by atoms with Crippen LogP contribution in [-0.2, 0) is 4.79 Å². The predicted molar refractivity (Wildman–Crippen MR) is 56.1 cm³/mol. The number of carbonyl (C=O) groups excluding carboxylic acids is 2. The van der Waals surface area contributed by atoms with Crippen LogP contribution in [0, 0.1) is 0 Å². The molecule has 0 spiro atoms. The lowest BCUT2D eigenvalue weighted by molar-refractivity contribution is -0.124. The normalized spacial score (nSPS) is 24.9. The molecule has 72 valence electrons. The van der Waals surface area contributed by atoms with Crippen molar-refractivity contribution >= 4 is 28.6 Å². The highest BCUT2D eigenvalue weighted by Crippen LogP contribution is 2.44. The van der Waals surface area contributed by atoms with E-state index in [0.717, 1.165) is 22.3 Å². The molecule has 0 fully saturated rings. The maximum atomic E-state index is 11.7. The first kappa shape index (κ1) is 9.43. The van der Waals surface area contributed by atoms with E-state index in [2.05, 4.69) is 0 Å². The van der Waals surface area contributed by atoms with Crippen LogP contribution in [0.4, 0.5) is 10.5 Å². The van der Waals surface area contributed by atoms with Gasteiger partial charge in [-0.3, -0.25) is 0 Å². The van der Waals surface area contributed by atoms with Crippen molar-refractivity contribution in [1.82, 2.24) is 4.48 Å². The summed E-state index contributed by atoms with van der Waals surface area (Å²) in [4.78, 5) is 24.1. The van der Waals surface area contributed by atoms with Gasteiger partial charge in [-0.05, 0) is 6.07 Å². The molecule has 1 unspecified atom stereocenters. The Morgan fingerprint density at radius 3 is 2.64 bits per heavy atom. The number of benzene rings is 1. The van der Waals surface area contributed by atoms with E-state index in [9.17, 15) is 9.59 Å². The number of rotatable bonds is 0. The van der Waals surface area contributed by atoms with E-state index >= 15 is 0 Å². The van der Waals surface area contributed by atoms with Gasteiger partial charge in [-0.2, -0.15) is 4.48 Å². The fourth-order valence-corrected chi connectivity index (χ4v) is 2.59. The van der Waals surface area contributed by atoms with Crippen LogP contribution in [0.25, 0.3) is 0 Å². The van der Waals surface area contributed by atoms with Crippen molar-refractivity contribution in [2.75, 3.05) is 7.05 Å². The molecule has 0 N–H and O–H groups in total. The number of nitrogens with zero attached hydrogens (tertiary/aromatic N) is 1. The van der Waals surface area contributed by atoms with Crippen molar-refractivity contribution in [2.45, 2.75) is 11.8 Å². The van der Waals surface area contributed by atoms with Crippen LogP contribution in [0.3, 0.4) is 0 Å². The Hall–Kier alpha value is -1.13. The molecule has 1 heterocycles. The zero-order valence-corrected chi connectivity index (χ0v) is 8.80. The first-order valence-electron chi connectivity index (χ1n) is 4.26. The van der Waals surface area contributed by atoms with Crippen LogP contribution in [-0.4, -0.2) is 18.2 Å². The maximum Gasteiger partial charge on any atom is 0.392 e. The molecule has 1 atom stereocenters. The minimum atomic E-state index is -0.221. The van der Waals surface area contributed by atoms with Crippen LogP contribution >= 0.6 is 11.8 Å². The maximum absolute atomic E-state index is 11.7. The fraction of sp³-hybridized carbons (Fsp3) is 0.200. The third-order valence-electron chi connectivity index (χ3n) is 2.54. The standard InChI is InChI=1S/C10H10NO2S/c1-7(12)11(2)8-5-3-4-6-9(8)14-10(11)13/h3-6H,1-2H3/q+1. The molecule has 0 aliphatic carbocycles. The summed E-state index contributed by atoms with van der Waals surface area (Å²) < 4.78 is -0.221. The van der Waals surface area contributed by atoms with E-state index in [1.807, 2.05) is 24.3 Å². The average molecular weight is 208 g/mol. The molecule has 4 heteroatoms. The number of carbonyl (C=O) groups is 2. The van der Waals surface area contributed by atoms with Gasteiger partial charge in [0.2, 0.25) is 0 Å². The molecular formula is C10H10NO2S+. The zero-order valence-electron chi connectivity index (χ0n) is 7.98. The fourth-order valence-electron chi connectivity index (χ4n) is 1.49. The van der Waals surface area contributed by atoms with E-state index in [0.29, 0.717) is 0 Å². The van der Waals surface area contributed by atoms with Gasteiger partial charge in [0.15, 0.2) is 5.69 Å². The molecule has 0 bridgehead atoms. The molecule has 1 aliphatic heterocycles. The smallest absolute Gasteiger partial charge is 0.230 e. The van der Waals surface area contributed by atoms with E-state index in [1.165, 1.54) is 6.92 Å². The molecule has 0 saturated heterocycles. The number of amides is 2. The second-order valence-corrected chi connectivity index (χ2v) is 4.35. The Morgan fingerprint density at radius 2 is 2.00 bits per heavy atom. The van der Waals surface area contributed by atoms with Crippen molar-refractivity contribution in [2.24, 2.45) is 0 Å². The van der Waals surface area contributed by atoms with Gasteiger partial charge in [-0.25, -0.2) is 9.59 Å². The molecular weight excluding hydrogens is 198 g/mol. The lowest BCUT2D eigenvalue weighted by atomic mass is 10.2. The van der Waals surface area contributed by atoms with Crippen molar-refractivity contribution in [1.29, 1.82) is 0 Å². The average Bonchev–Trinajstić information content (AvgIpc) is 2.41. The Balaban J connectivity index is 2.66. The SMILES string of the molecule is CC(=O)[N+]1(C)C(=O)Sc2ccccc21. The van der Waals surface area contributed by atoms with Crippen molar-refractivity contribution < 1.29 is 9.59 Å². The molecule has 2 amide bonds. The van der Waals surface area contributed by atoms with Crippen LogP contribution in [0.2, 0.25) is 0 Å². The second kappa shape index (κ2) is 2.93. The lowest BCUT2D eigenvalue weighted by Crippen LogP contribution is -2.49. The topological polar surface area (TPSA) is 34.1 Å². The summed E-state index contributed by atoms with van der Waals surface area (Å²) in [6, 6.07) is 7.41. The summed E-state index contributed by atoms with van der Waals surface area (Å²) in [5, 5.41) is -0.126. The Labute approximate surface area is 86.3 Å². The van der Waals surface area contributed by atoms with Gasteiger partial charge in [0.25, 0.3) is 0 Å². The molecule has 1 aromatic rings. The van der Waals surface area contributed by atoms with Crippen LogP contribution in [0.15, 0.2) is 29.2 Å². The minimum Gasteiger partial charge on any atom is -0.230 e. The van der Waals surface area contributed by atoms with E-state index < -0.39 is 0 Å². The summed E-state index contributed by atoms with van der Waals surface area (Å²) in [5.74, 6) is -0.146. The predicted octanol–water partition coefficient (Wildman–Crippen LogP) is 2.40. The molecule has 3 nitrogen and oxygen atoms in total. The molecule has 1 aromatic carbocycles. The Bertz CT molecular complexity index is 430. The number of quaternary nitrogens is 1. The summed E-state index contributed by atoms with van der Waals surface area (Å²) in [5.41, 5.74) is 0.787. The third kappa shape index (κ3) is 1.04. The summed E-state index contributed by atoms with van der Waals surface area (Å²) in [6.07, 6.45) is 0. The molecule has 2 rings (SSSR count). The third-order valence-corrected chi connectivity index (χ3v) is 3.64. The number of thioether (sulfide) groups is 1. The minimum absolute atomic E-state index is 0.126. The summed E-state index contributed by atoms with van der Waals surface area (Å²) in [6.45, 7) is 1.44. The number of hydrogen-bond acceptors (Lipinski definition) is 3. The quantitative estimate of drug-likeness (QED) is 0.614. The van der Waals surface area contributed by atoms with Gasteiger partial charge >= 0.3 is 11.1 Å². The van der Waals surface area contributed by atoms with Crippen LogP contribution in [0.1, 0.15) is 6.92 Å². The number of imide groups is 1. The van der Waals surface area contributed by atoms with Gasteiger partial charge in [-0.15, -0.1) is 0 Å². The van der Waals surface area contributed by atoms with Crippen molar-refractivity contribution in [3.05, 3.63) is 24.3 Å². The highest BCUT2D eigenvalue weighted by molar-refractivity contribution is 8.14. The lowest BCUT2D eigenvalue weighted by Gasteiger charge is -2.20. The van der Waals surface area contributed by atoms with Crippen molar-refractivity contribution in [3.8, 4) is 0 Å². The molecule has 0 saturated carbocycles.